The molecule has 0 bridgehead atoms. The largest absolute Gasteiger partial charge is 0.508 e. The van der Waals surface area contributed by atoms with E-state index >= 15 is 0 Å². The molecule has 0 aliphatic heterocycles. The van der Waals surface area contributed by atoms with Gasteiger partial charge in [-0.2, -0.15) is 0 Å². The van der Waals surface area contributed by atoms with Gasteiger partial charge < -0.3 is 20.6 Å². The Balaban J connectivity index is 0.00000324. The van der Waals surface area contributed by atoms with Crippen molar-refractivity contribution in [1.82, 2.24) is 5.32 Å². The molecule has 19 heavy (non-hydrogen) atoms. The third kappa shape index (κ3) is 5.87. The number of nitrogens with one attached hydrogen (secondary N) is 1. The van der Waals surface area contributed by atoms with E-state index < -0.39 is 12.0 Å². The van der Waals surface area contributed by atoms with Crippen LogP contribution >= 0.6 is 0 Å². The fourth-order valence-corrected chi connectivity index (χ4v) is 1.55. The van der Waals surface area contributed by atoms with E-state index in [0.717, 1.165) is 5.56 Å². The minimum Gasteiger partial charge on any atom is -0.508 e. The number of esters is 1. The van der Waals surface area contributed by atoms with Crippen LogP contribution in [0.2, 0.25) is 0 Å². The number of phenolic OH excluding ortho intramolecular Hbond substituents is 1. The minimum absolute atomic E-state index is 0. The van der Waals surface area contributed by atoms with Crippen molar-refractivity contribution < 1.29 is 24.9 Å². The maximum absolute atomic E-state index is 11.7. The van der Waals surface area contributed by atoms with Gasteiger partial charge >= 0.3 is 5.97 Å². The monoisotopic (exact) mass is 269 g/mol. The van der Waals surface area contributed by atoms with Crippen molar-refractivity contribution in [1.29, 1.82) is 0 Å². The normalized spacial score (nSPS) is 11.1. The number of carbonyl (C=O) groups excluding carboxylic acids is 2. The fraction of sp³-hybridized carbons (Fsp3) is 0.385. The van der Waals surface area contributed by atoms with E-state index in [1.54, 1.807) is 19.1 Å². The summed E-state index contributed by atoms with van der Waals surface area (Å²) in [6, 6.07) is 5.76. The van der Waals surface area contributed by atoms with Crippen LogP contribution in [0, 0.1) is 0 Å². The van der Waals surface area contributed by atoms with Crippen LogP contribution in [0.5, 0.6) is 5.75 Å². The molecule has 1 rings (SSSR count). The van der Waals surface area contributed by atoms with E-state index in [1.165, 1.54) is 19.1 Å². The Morgan fingerprint density at radius 2 is 1.89 bits per heavy atom. The molecule has 0 aromatic heterocycles. The summed E-state index contributed by atoms with van der Waals surface area (Å²) in [5, 5.41) is 11.7. The lowest BCUT2D eigenvalue weighted by atomic mass is 10.1. The molecule has 0 spiro atoms. The van der Waals surface area contributed by atoms with Gasteiger partial charge in [0.15, 0.2) is 0 Å². The number of rotatable bonds is 5. The summed E-state index contributed by atoms with van der Waals surface area (Å²) in [4.78, 5) is 22.7. The summed E-state index contributed by atoms with van der Waals surface area (Å²) < 4.78 is 4.90. The fourth-order valence-electron chi connectivity index (χ4n) is 1.55. The molecule has 1 amide bonds. The van der Waals surface area contributed by atoms with Crippen molar-refractivity contribution in [2.45, 2.75) is 26.3 Å². The molecule has 1 aromatic rings. The maximum atomic E-state index is 11.7. The van der Waals surface area contributed by atoms with Gasteiger partial charge in [0, 0.05) is 13.3 Å². The summed E-state index contributed by atoms with van der Waals surface area (Å²) in [6.45, 7) is 3.33. The first-order valence-corrected chi connectivity index (χ1v) is 5.74. The van der Waals surface area contributed by atoms with Crippen LogP contribution < -0.4 is 5.32 Å². The number of benzene rings is 1. The highest BCUT2D eigenvalue weighted by Crippen LogP contribution is 2.11. The predicted molar refractivity (Wildman–Crippen MR) is 69.7 cm³/mol. The molecule has 0 heterocycles. The van der Waals surface area contributed by atoms with Gasteiger partial charge in [-0.3, -0.25) is 4.79 Å². The zero-order valence-electron chi connectivity index (χ0n) is 11.0. The third-order valence-corrected chi connectivity index (χ3v) is 2.32. The van der Waals surface area contributed by atoms with Gasteiger partial charge in [-0.1, -0.05) is 12.1 Å². The molecular formula is C13H19NO5. The number of amides is 1. The summed E-state index contributed by atoms with van der Waals surface area (Å²) in [5.74, 6) is -0.585. The third-order valence-electron chi connectivity index (χ3n) is 2.32. The van der Waals surface area contributed by atoms with Gasteiger partial charge in [0.1, 0.15) is 11.8 Å². The molecule has 6 nitrogen and oxygen atoms in total. The molecular weight excluding hydrogens is 250 g/mol. The van der Waals surface area contributed by atoms with Crippen molar-refractivity contribution in [2.24, 2.45) is 0 Å². The van der Waals surface area contributed by atoms with Crippen LogP contribution in [0.4, 0.5) is 0 Å². The van der Waals surface area contributed by atoms with E-state index in [1.807, 2.05) is 0 Å². The molecule has 1 atom stereocenters. The van der Waals surface area contributed by atoms with Crippen LogP contribution in [0.25, 0.3) is 0 Å². The molecule has 0 fully saturated rings. The van der Waals surface area contributed by atoms with Gasteiger partial charge in [-0.05, 0) is 24.6 Å². The Hall–Kier alpha value is -2.08. The zero-order chi connectivity index (χ0) is 13.5. The van der Waals surface area contributed by atoms with Crippen LogP contribution in [0.3, 0.4) is 0 Å². The molecule has 1 aromatic carbocycles. The van der Waals surface area contributed by atoms with Crippen molar-refractivity contribution >= 4 is 11.9 Å². The summed E-state index contributed by atoms with van der Waals surface area (Å²) in [6.07, 6.45) is 0.332. The minimum atomic E-state index is -0.702. The second kappa shape index (κ2) is 8.10. The predicted octanol–water partition coefficient (Wildman–Crippen LogP) is 0.178. The first-order valence-electron chi connectivity index (χ1n) is 5.74. The summed E-state index contributed by atoms with van der Waals surface area (Å²) in [7, 11) is 0. The topological polar surface area (TPSA) is 107 Å². The number of ether oxygens (including phenoxy) is 1. The molecule has 0 radical (unpaired) electrons. The van der Waals surface area contributed by atoms with E-state index in [9.17, 15) is 9.59 Å². The highest BCUT2D eigenvalue weighted by Gasteiger charge is 2.20. The Morgan fingerprint density at radius 1 is 1.32 bits per heavy atom. The molecule has 0 aliphatic carbocycles. The lowest BCUT2D eigenvalue weighted by Crippen LogP contribution is -2.42. The molecule has 106 valence electrons. The van der Waals surface area contributed by atoms with Gasteiger partial charge in [0.25, 0.3) is 0 Å². The second-order valence-electron chi connectivity index (χ2n) is 3.88. The SMILES string of the molecule is CCOC(=O)[C@@H](Cc1ccc(O)cc1)NC(C)=O.O. The van der Waals surface area contributed by atoms with Crippen LogP contribution in [-0.4, -0.2) is 35.1 Å². The number of aromatic hydroxyl groups is 1. The van der Waals surface area contributed by atoms with Crippen LogP contribution in [0.15, 0.2) is 24.3 Å². The Labute approximate surface area is 111 Å². The lowest BCUT2D eigenvalue weighted by molar-refractivity contribution is -0.147. The summed E-state index contributed by atoms with van der Waals surface area (Å²) in [5.41, 5.74) is 0.833. The van der Waals surface area contributed by atoms with E-state index in [0.29, 0.717) is 6.42 Å². The molecule has 0 unspecified atom stereocenters. The number of phenols is 1. The standard InChI is InChI=1S/C13H17NO4.H2O/c1-3-18-13(17)12(14-9(2)15)8-10-4-6-11(16)7-5-10;/h4-7,12,16H,3,8H2,1-2H3,(H,14,15);1H2/t12-;/m1./s1. The molecule has 0 aliphatic rings. The van der Waals surface area contributed by atoms with E-state index in [4.69, 9.17) is 9.84 Å². The Kier molecular flexibility index (Phi) is 7.21. The average Bonchev–Trinajstić information content (AvgIpc) is 2.31. The lowest BCUT2D eigenvalue weighted by Gasteiger charge is -2.16. The van der Waals surface area contributed by atoms with Gasteiger partial charge in [-0.25, -0.2) is 4.79 Å². The van der Waals surface area contributed by atoms with Crippen molar-refractivity contribution in [3.63, 3.8) is 0 Å². The van der Waals surface area contributed by atoms with E-state index in [-0.39, 0.29) is 23.7 Å². The van der Waals surface area contributed by atoms with Crippen LogP contribution in [0.1, 0.15) is 19.4 Å². The Bertz CT molecular complexity index is 416. The summed E-state index contributed by atoms with van der Waals surface area (Å²) >= 11 is 0. The smallest absolute Gasteiger partial charge is 0.328 e. The van der Waals surface area contributed by atoms with E-state index in [2.05, 4.69) is 5.32 Å². The number of hydrogen-bond donors (Lipinski definition) is 2. The average molecular weight is 269 g/mol. The van der Waals surface area contributed by atoms with Crippen molar-refractivity contribution in [2.75, 3.05) is 6.61 Å². The number of hydrogen-bond acceptors (Lipinski definition) is 4. The highest BCUT2D eigenvalue weighted by atomic mass is 16.5. The maximum Gasteiger partial charge on any atom is 0.328 e. The first kappa shape index (κ1) is 16.9. The van der Waals surface area contributed by atoms with Gasteiger partial charge in [0.2, 0.25) is 5.91 Å². The van der Waals surface area contributed by atoms with Crippen LogP contribution in [-0.2, 0) is 20.7 Å². The van der Waals surface area contributed by atoms with Crippen molar-refractivity contribution in [3.8, 4) is 5.75 Å². The molecule has 6 heteroatoms. The zero-order valence-corrected chi connectivity index (χ0v) is 11.0. The molecule has 0 saturated heterocycles. The Morgan fingerprint density at radius 3 is 2.37 bits per heavy atom. The molecule has 4 N–H and O–H groups in total. The van der Waals surface area contributed by atoms with Gasteiger partial charge in [0.05, 0.1) is 6.61 Å². The second-order valence-corrected chi connectivity index (χ2v) is 3.88. The first-order chi connectivity index (χ1) is 8.52. The van der Waals surface area contributed by atoms with Gasteiger partial charge in [-0.15, -0.1) is 0 Å². The highest BCUT2D eigenvalue weighted by molar-refractivity contribution is 5.83. The quantitative estimate of drug-likeness (QED) is 0.743. The molecule has 0 saturated carbocycles. The number of carbonyl (C=O) groups is 2. The van der Waals surface area contributed by atoms with Crippen molar-refractivity contribution in [3.05, 3.63) is 29.8 Å².